The molecule has 0 saturated carbocycles. The molecule has 0 aliphatic heterocycles. The van der Waals surface area contributed by atoms with E-state index in [1.54, 1.807) is 0 Å². The third kappa shape index (κ3) is 3.09. The number of rotatable bonds is 1. The molecule has 0 bridgehead atoms. The predicted octanol–water partition coefficient (Wildman–Crippen LogP) is 2.27. The van der Waals surface area contributed by atoms with Crippen LogP contribution in [0.25, 0.3) is 11.4 Å². The van der Waals surface area contributed by atoms with Gasteiger partial charge in [-0.3, -0.25) is 0 Å². The van der Waals surface area contributed by atoms with Crippen molar-refractivity contribution >= 4 is 0 Å². The molecule has 0 amide bonds. The summed E-state index contributed by atoms with van der Waals surface area (Å²) in [5.41, 5.74) is 2.15. The van der Waals surface area contributed by atoms with Gasteiger partial charge in [0, 0.05) is 5.56 Å². The Bertz CT molecular complexity index is 383. The molecule has 4 heteroatoms. The summed E-state index contributed by atoms with van der Waals surface area (Å²) < 4.78 is 0. The minimum absolute atomic E-state index is 0.558. The zero-order valence-corrected chi connectivity index (χ0v) is 9.18. The summed E-state index contributed by atoms with van der Waals surface area (Å²) in [7, 11) is 0. The number of nitrogens with zero attached hydrogens (tertiary/aromatic N) is 4. The molecule has 2 aromatic rings. The van der Waals surface area contributed by atoms with Crippen LogP contribution in [0.2, 0.25) is 0 Å². The van der Waals surface area contributed by atoms with Gasteiger partial charge >= 0.3 is 0 Å². The molecule has 1 heterocycles. The maximum Gasteiger partial charge on any atom is 0.203 e. The van der Waals surface area contributed by atoms with Gasteiger partial charge in [-0.15, -0.1) is 20.4 Å². The zero-order chi connectivity index (χ0) is 11.1. The summed E-state index contributed by atoms with van der Waals surface area (Å²) in [6, 6.07) is 7.92. The van der Waals surface area contributed by atoms with Crippen molar-refractivity contribution in [1.82, 2.24) is 20.4 Å². The Morgan fingerprint density at radius 2 is 1.40 bits per heavy atom. The summed E-state index contributed by atoms with van der Waals surface area (Å²) >= 11 is 0. The van der Waals surface area contributed by atoms with Crippen LogP contribution in [0.5, 0.6) is 0 Å². The van der Waals surface area contributed by atoms with E-state index in [4.69, 9.17) is 0 Å². The molecule has 0 saturated heterocycles. The lowest BCUT2D eigenvalue weighted by atomic mass is 10.1. The van der Waals surface area contributed by atoms with Gasteiger partial charge in [0.05, 0.1) is 0 Å². The van der Waals surface area contributed by atoms with E-state index in [0.29, 0.717) is 5.82 Å². The summed E-state index contributed by atoms with van der Waals surface area (Å²) in [6.45, 7) is 6.03. The molecule has 0 fully saturated rings. The Labute approximate surface area is 89.4 Å². The van der Waals surface area contributed by atoms with E-state index in [9.17, 15) is 0 Å². The standard InChI is InChI=1S/C9H8N4.C2H6/c1-7-2-4-8(5-3-7)9-12-10-6-11-13-9;1-2/h2-6H,1H3;1-2H3. The second-order valence-corrected chi connectivity index (χ2v) is 2.74. The fraction of sp³-hybridized carbons (Fsp3) is 0.273. The van der Waals surface area contributed by atoms with Crippen molar-refractivity contribution in [3.8, 4) is 11.4 Å². The van der Waals surface area contributed by atoms with Crippen LogP contribution in [-0.2, 0) is 0 Å². The molecule has 0 N–H and O–H groups in total. The minimum atomic E-state index is 0.558. The topological polar surface area (TPSA) is 51.6 Å². The highest BCUT2D eigenvalue weighted by atomic mass is 15.3. The third-order valence-corrected chi connectivity index (χ3v) is 1.72. The molecular formula is C11H14N4. The summed E-state index contributed by atoms with van der Waals surface area (Å²) in [6.07, 6.45) is 1.32. The fourth-order valence-electron chi connectivity index (χ4n) is 1.02. The minimum Gasteiger partial charge on any atom is -0.135 e. The highest BCUT2D eigenvalue weighted by molar-refractivity contribution is 5.53. The first kappa shape index (κ1) is 11.2. The average Bonchev–Trinajstić information content (AvgIpc) is 2.34. The van der Waals surface area contributed by atoms with Gasteiger partial charge < -0.3 is 0 Å². The summed E-state index contributed by atoms with van der Waals surface area (Å²) in [5, 5.41) is 15.0. The fourth-order valence-corrected chi connectivity index (χ4v) is 1.02. The second kappa shape index (κ2) is 5.80. The van der Waals surface area contributed by atoms with Gasteiger partial charge in [0.1, 0.15) is 0 Å². The average molecular weight is 202 g/mol. The molecule has 78 valence electrons. The molecule has 1 aromatic carbocycles. The van der Waals surface area contributed by atoms with Crippen LogP contribution >= 0.6 is 0 Å². The van der Waals surface area contributed by atoms with E-state index in [2.05, 4.69) is 20.4 Å². The quantitative estimate of drug-likeness (QED) is 0.711. The van der Waals surface area contributed by atoms with Gasteiger partial charge in [0.15, 0.2) is 6.33 Å². The van der Waals surface area contributed by atoms with E-state index in [0.717, 1.165) is 5.56 Å². The van der Waals surface area contributed by atoms with Gasteiger partial charge in [0.2, 0.25) is 5.82 Å². The van der Waals surface area contributed by atoms with E-state index >= 15 is 0 Å². The molecule has 2 rings (SSSR count). The van der Waals surface area contributed by atoms with Crippen molar-refractivity contribution in [2.75, 3.05) is 0 Å². The van der Waals surface area contributed by atoms with Crippen molar-refractivity contribution in [2.24, 2.45) is 0 Å². The van der Waals surface area contributed by atoms with Crippen LogP contribution in [0.4, 0.5) is 0 Å². The number of benzene rings is 1. The van der Waals surface area contributed by atoms with Gasteiger partial charge in [-0.1, -0.05) is 43.7 Å². The lowest BCUT2D eigenvalue weighted by Gasteiger charge is -1.96. The third-order valence-electron chi connectivity index (χ3n) is 1.72. The summed E-state index contributed by atoms with van der Waals surface area (Å²) in [5.74, 6) is 0.558. The Morgan fingerprint density at radius 3 is 1.93 bits per heavy atom. The van der Waals surface area contributed by atoms with Gasteiger partial charge in [-0.25, -0.2) is 0 Å². The molecule has 0 unspecified atom stereocenters. The molecular weight excluding hydrogens is 188 g/mol. The summed E-state index contributed by atoms with van der Waals surface area (Å²) in [4.78, 5) is 0. The Morgan fingerprint density at radius 1 is 0.867 bits per heavy atom. The number of hydrogen-bond donors (Lipinski definition) is 0. The largest absolute Gasteiger partial charge is 0.203 e. The van der Waals surface area contributed by atoms with Crippen LogP contribution in [0.1, 0.15) is 19.4 Å². The normalized spacial score (nSPS) is 9.00. The second-order valence-electron chi connectivity index (χ2n) is 2.74. The monoisotopic (exact) mass is 202 g/mol. The highest BCUT2D eigenvalue weighted by Gasteiger charge is 1.99. The number of hydrogen-bond acceptors (Lipinski definition) is 4. The Kier molecular flexibility index (Phi) is 4.34. The molecule has 0 atom stereocenters. The molecule has 15 heavy (non-hydrogen) atoms. The van der Waals surface area contributed by atoms with Gasteiger partial charge in [-0.05, 0) is 6.92 Å². The van der Waals surface area contributed by atoms with E-state index in [-0.39, 0.29) is 0 Å². The lowest BCUT2D eigenvalue weighted by Crippen LogP contribution is -1.93. The Hall–Kier alpha value is -1.84. The zero-order valence-electron chi connectivity index (χ0n) is 9.18. The molecule has 0 spiro atoms. The predicted molar refractivity (Wildman–Crippen MR) is 59.1 cm³/mol. The number of aryl methyl sites for hydroxylation is 1. The maximum absolute atomic E-state index is 3.86. The Balaban J connectivity index is 0.000000531. The number of aromatic nitrogens is 4. The van der Waals surface area contributed by atoms with Crippen molar-refractivity contribution in [3.05, 3.63) is 36.2 Å². The molecule has 4 nitrogen and oxygen atoms in total. The SMILES string of the molecule is CC.Cc1ccc(-c2nncnn2)cc1. The first-order chi connectivity index (χ1) is 7.36. The molecule has 1 aromatic heterocycles. The van der Waals surface area contributed by atoms with Crippen molar-refractivity contribution in [3.63, 3.8) is 0 Å². The lowest BCUT2D eigenvalue weighted by molar-refractivity contribution is 0.864. The molecule has 0 aliphatic rings. The van der Waals surface area contributed by atoms with Crippen molar-refractivity contribution in [1.29, 1.82) is 0 Å². The van der Waals surface area contributed by atoms with Crippen LogP contribution < -0.4 is 0 Å². The van der Waals surface area contributed by atoms with Gasteiger partial charge in [-0.2, -0.15) is 0 Å². The van der Waals surface area contributed by atoms with Crippen LogP contribution in [0, 0.1) is 6.92 Å². The smallest absolute Gasteiger partial charge is 0.135 e. The van der Waals surface area contributed by atoms with E-state index in [1.165, 1.54) is 11.9 Å². The van der Waals surface area contributed by atoms with Crippen LogP contribution in [0.3, 0.4) is 0 Å². The van der Waals surface area contributed by atoms with Crippen molar-refractivity contribution < 1.29 is 0 Å². The van der Waals surface area contributed by atoms with E-state index < -0.39 is 0 Å². The highest BCUT2D eigenvalue weighted by Crippen LogP contribution is 2.12. The van der Waals surface area contributed by atoms with Gasteiger partial charge in [0.25, 0.3) is 0 Å². The van der Waals surface area contributed by atoms with Crippen LogP contribution in [0.15, 0.2) is 30.6 Å². The van der Waals surface area contributed by atoms with Crippen LogP contribution in [-0.4, -0.2) is 20.4 Å². The first-order valence-electron chi connectivity index (χ1n) is 4.93. The van der Waals surface area contributed by atoms with E-state index in [1.807, 2.05) is 45.0 Å². The molecule has 0 radical (unpaired) electrons. The first-order valence-corrected chi connectivity index (χ1v) is 4.93. The van der Waals surface area contributed by atoms with Crippen molar-refractivity contribution in [2.45, 2.75) is 20.8 Å². The maximum atomic E-state index is 3.86. The molecule has 0 aliphatic carbocycles.